The van der Waals surface area contributed by atoms with Crippen LogP contribution in [-0.2, 0) is 9.53 Å². The van der Waals surface area contributed by atoms with Gasteiger partial charge in [-0.05, 0) is 37.8 Å². The minimum Gasteiger partial charge on any atom is -0.468 e. The highest BCUT2D eigenvalue weighted by molar-refractivity contribution is 5.76. The molecule has 0 N–H and O–H groups in total. The average molecular weight is 364 g/mol. The number of nitrogens with zero attached hydrogens (tertiary/aromatic N) is 3. The lowest BCUT2D eigenvalue weighted by molar-refractivity contribution is -0.143. The fourth-order valence-electron chi connectivity index (χ4n) is 4.37. The zero-order valence-electron chi connectivity index (χ0n) is 16.7. The summed E-state index contributed by atoms with van der Waals surface area (Å²) in [7, 11) is 1.43. The lowest BCUT2D eigenvalue weighted by Crippen LogP contribution is -2.64. The SMILES string of the molecule is COC(=O)CN1CCC2(CC1)CN(C(=O)N1CC=C(C(C)(C)C)CC1)C2. The molecular formula is C20H33N3O3. The molecule has 3 heterocycles. The highest BCUT2D eigenvalue weighted by Crippen LogP contribution is 2.41. The number of esters is 1. The maximum absolute atomic E-state index is 12.8. The van der Waals surface area contributed by atoms with Crippen LogP contribution in [0.3, 0.4) is 0 Å². The largest absolute Gasteiger partial charge is 0.468 e. The summed E-state index contributed by atoms with van der Waals surface area (Å²) in [4.78, 5) is 30.3. The molecule has 26 heavy (non-hydrogen) atoms. The van der Waals surface area contributed by atoms with E-state index in [0.29, 0.717) is 6.54 Å². The monoisotopic (exact) mass is 363 g/mol. The van der Waals surface area contributed by atoms with E-state index in [0.717, 1.165) is 58.5 Å². The summed E-state index contributed by atoms with van der Waals surface area (Å²) < 4.78 is 4.75. The second kappa shape index (κ2) is 7.22. The van der Waals surface area contributed by atoms with Crippen molar-refractivity contribution in [2.24, 2.45) is 10.8 Å². The summed E-state index contributed by atoms with van der Waals surface area (Å²) >= 11 is 0. The Morgan fingerprint density at radius 1 is 1.12 bits per heavy atom. The summed E-state index contributed by atoms with van der Waals surface area (Å²) in [5, 5.41) is 0. The molecule has 1 spiro atoms. The Morgan fingerprint density at radius 3 is 2.27 bits per heavy atom. The number of piperidine rings is 1. The summed E-state index contributed by atoms with van der Waals surface area (Å²) in [6.07, 6.45) is 5.34. The fourth-order valence-corrected chi connectivity index (χ4v) is 4.37. The molecule has 3 aliphatic rings. The van der Waals surface area contributed by atoms with Gasteiger partial charge in [-0.1, -0.05) is 32.4 Å². The van der Waals surface area contributed by atoms with E-state index in [9.17, 15) is 9.59 Å². The molecule has 0 aromatic rings. The molecule has 0 bridgehead atoms. The van der Waals surface area contributed by atoms with Gasteiger partial charge in [0.1, 0.15) is 0 Å². The number of hydrogen-bond donors (Lipinski definition) is 0. The fraction of sp³-hybridized carbons (Fsp3) is 0.800. The number of rotatable bonds is 2. The lowest BCUT2D eigenvalue weighted by Gasteiger charge is -2.54. The van der Waals surface area contributed by atoms with Gasteiger partial charge in [0.05, 0.1) is 13.7 Å². The van der Waals surface area contributed by atoms with Crippen molar-refractivity contribution < 1.29 is 14.3 Å². The topological polar surface area (TPSA) is 53.1 Å². The molecule has 2 amide bonds. The van der Waals surface area contributed by atoms with Crippen LogP contribution >= 0.6 is 0 Å². The predicted octanol–water partition coefficient (Wildman–Crippen LogP) is 2.36. The second-order valence-electron chi connectivity index (χ2n) is 9.17. The molecule has 3 rings (SSSR count). The third-order valence-electron chi connectivity index (χ3n) is 6.26. The van der Waals surface area contributed by atoms with Crippen LogP contribution in [0.5, 0.6) is 0 Å². The summed E-state index contributed by atoms with van der Waals surface area (Å²) in [5.41, 5.74) is 1.93. The number of ether oxygens (including phenoxy) is 1. The molecule has 6 nitrogen and oxygen atoms in total. The van der Waals surface area contributed by atoms with Crippen molar-refractivity contribution in [2.45, 2.75) is 40.0 Å². The van der Waals surface area contributed by atoms with E-state index in [1.807, 2.05) is 9.80 Å². The van der Waals surface area contributed by atoms with Gasteiger partial charge in [0.15, 0.2) is 0 Å². The summed E-state index contributed by atoms with van der Waals surface area (Å²) in [5.74, 6) is -0.167. The first-order valence-corrected chi connectivity index (χ1v) is 9.75. The van der Waals surface area contributed by atoms with E-state index < -0.39 is 0 Å². The molecule has 0 radical (unpaired) electrons. The van der Waals surface area contributed by atoms with Crippen LogP contribution in [0.15, 0.2) is 11.6 Å². The molecule has 3 aliphatic heterocycles. The highest BCUT2D eigenvalue weighted by Gasteiger charge is 2.47. The number of carbonyl (C=O) groups excluding carboxylic acids is 2. The van der Waals surface area contributed by atoms with Gasteiger partial charge >= 0.3 is 12.0 Å². The molecule has 0 aliphatic carbocycles. The molecule has 0 saturated carbocycles. The number of methoxy groups -OCH3 is 1. The van der Waals surface area contributed by atoms with Crippen molar-refractivity contribution in [3.05, 3.63) is 11.6 Å². The Morgan fingerprint density at radius 2 is 1.77 bits per heavy atom. The van der Waals surface area contributed by atoms with Crippen LogP contribution < -0.4 is 0 Å². The van der Waals surface area contributed by atoms with Crippen molar-refractivity contribution in [3.63, 3.8) is 0 Å². The van der Waals surface area contributed by atoms with Gasteiger partial charge in [-0.25, -0.2) is 4.79 Å². The molecular weight excluding hydrogens is 330 g/mol. The lowest BCUT2D eigenvalue weighted by atomic mass is 9.72. The molecule has 146 valence electrons. The molecule has 0 aromatic heterocycles. The van der Waals surface area contributed by atoms with Gasteiger partial charge in [-0.3, -0.25) is 9.69 Å². The first-order valence-electron chi connectivity index (χ1n) is 9.75. The minimum atomic E-state index is -0.167. The van der Waals surface area contributed by atoms with Crippen molar-refractivity contribution in [1.29, 1.82) is 0 Å². The number of urea groups is 1. The highest BCUT2D eigenvalue weighted by atomic mass is 16.5. The maximum Gasteiger partial charge on any atom is 0.320 e. The maximum atomic E-state index is 12.8. The Bertz CT molecular complexity index is 578. The Labute approximate surface area is 157 Å². The van der Waals surface area contributed by atoms with Gasteiger partial charge in [0.25, 0.3) is 0 Å². The molecule has 6 heteroatoms. The Kier molecular flexibility index (Phi) is 5.33. The first-order chi connectivity index (χ1) is 12.2. The summed E-state index contributed by atoms with van der Waals surface area (Å²) in [6.45, 7) is 12.2. The van der Waals surface area contributed by atoms with Gasteiger partial charge in [0.2, 0.25) is 0 Å². The van der Waals surface area contributed by atoms with E-state index in [1.165, 1.54) is 12.7 Å². The van der Waals surface area contributed by atoms with Crippen LogP contribution in [0.25, 0.3) is 0 Å². The average Bonchev–Trinajstić information content (AvgIpc) is 2.59. The van der Waals surface area contributed by atoms with Gasteiger partial charge in [0, 0.05) is 31.6 Å². The number of carbonyl (C=O) groups is 2. The second-order valence-corrected chi connectivity index (χ2v) is 9.17. The van der Waals surface area contributed by atoms with E-state index in [-0.39, 0.29) is 22.8 Å². The van der Waals surface area contributed by atoms with E-state index in [1.54, 1.807) is 0 Å². The summed E-state index contributed by atoms with van der Waals surface area (Å²) in [6, 6.07) is 0.192. The number of likely N-dealkylation sites (tertiary alicyclic amines) is 2. The van der Waals surface area contributed by atoms with Gasteiger partial charge in [-0.2, -0.15) is 0 Å². The third-order valence-corrected chi connectivity index (χ3v) is 6.26. The molecule has 0 aromatic carbocycles. The van der Waals surface area contributed by atoms with E-state index in [2.05, 4.69) is 31.7 Å². The molecule has 0 unspecified atom stereocenters. The zero-order chi connectivity index (χ0) is 18.9. The predicted molar refractivity (Wildman–Crippen MR) is 101 cm³/mol. The molecule has 0 atom stereocenters. The number of hydrogen-bond acceptors (Lipinski definition) is 4. The van der Waals surface area contributed by atoms with Crippen LogP contribution in [0, 0.1) is 10.8 Å². The molecule has 2 saturated heterocycles. The smallest absolute Gasteiger partial charge is 0.320 e. The van der Waals surface area contributed by atoms with Crippen molar-refractivity contribution in [3.8, 4) is 0 Å². The Balaban J connectivity index is 1.45. The van der Waals surface area contributed by atoms with Gasteiger partial charge < -0.3 is 14.5 Å². The zero-order valence-corrected chi connectivity index (χ0v) is 16.7. The quantitative estimate of drug-likeness (QED) is 0.558. The Hall–Kier alpha value is -1.56. The van der Waals surface area contributed by atoms with Crippen LogP contribution in [0.1, 0.15) is 40.0 Å². The van der Waals surface area contributed by atoms with Crippen molar-refractivity contribution in [2.75, 3.05) is 52.9 Å². The van der Waals surface area contributed by atoms with E-state index >= 15 is 0 Å². The van der Waals surface area contributed by atoms with E-state index in [4.69, 9.17) is 4.74 Å². The van der Waals surface area contributed by atoms with Crippen molar-refractivity contribution in [1.82, 2.24) is 14.7 Å². The van der Waals surface area contributed by atoms with Crippen LogP contribution in [0.4, 0.5) is 4.79 Å². The normalized spacial score (nSPS) is 23.5. The van der Waals surface area contributed by atoms with Crippen molar-refractivity contribution >= 4 is 12.0 Å². The number of amides is 2. The molecule has 2 fully saturated rings. The minimum absolute atomic E-state index is 0.167. The van der Waals surface area contributed by atoms with Crippen LogP contribution in [0.2, 0.25) is 0 Å². The third kappa shape index (κ3) is 4.05. The van der Waals surface area contributed by atoms with Crippen LogP contribution in [-0.4, -0.2) is 79.6 Å². The standard InChI is InChI=1S/C20H33N3O3/c1-19(2,3)16-5-9-22(10-6-16)18(25)23-14-20(15-23)7-11-21(12-8-20)13-17(24)26-4/h5H,6-15H2,1-4H3. The van der Waals surface area contributed by atoms with Gasteiger partial charge in [-0.15, -0.1) is 0 Å². The first kappa shape index (κ1) is 19.2.